The first-order valence-corrected chi connectivity index (χ1v) is 7.08. The number of hydrogen-bond acceptors (Lipinski definition) is 3. The molecule has 2 aromatic heterocycles. The molecule has 2 heterocycles. The van der Waals surface area contributed by atoms with Gasteiger partial charge in [0.05, 0.1) is 6.20 Å². The van der Waals surface area contributed by atoms with Crippen LogP contribution in [0.1, 0.15) is 39.5 Å². The summed E-state index contributed by atoms with van der Waals surface area (Å²) in [6.07, 6.45) is 1.96. The predicted octanol–water partition coefficient (Wildman–Crippen LogP) is 3.26. The molecule has 0 radical (unpaired) electrons. The lowest BCUT2D eigenvalue weighted by atomic mass is 10.1. The van der Waals surface area contributed by atoms with Gasteiger partial charge in [-0.3, -0.25) is 4.68 Å². The molecule has 0 aliphatic carbocycles. The molecule has 0 aliphatic heterocycles. The number of aryl methyl sites for hydroxylation is 3. The van der Waals surface area contributed by atoms with Crippen LogP contribution >= 0.6 is 11.3 Å². The van der Waals surface area contributed by atoms with Gasteiger partial charge in [-0.1, -0.05) is 0 Å². The highest BCUT2D eigenvalue weighted by Crippen LogP contribution is 2.22. The molecule has 0 aliphatic rings. The Morgan fingerprint density at radius 3 is 2.61 bits per heavy atom. The van der Waals surface area contributed by atoms with Crippen LogP contribution in [0.2, 0.25) is 0 Å². The first-order valence-electron chi connectivity index (χ1n) is 6.27. The van der Waals surface area contributed by atoms with Gasteiger partial charge in [0, 0.05) is 40.6 Å². The van der Waals surface area contributed by atoms with E-state index >= 15 is 0 Å². The van der Waals surface area contributed by atoms with Crippen molar-refractivity contribution in [3.63, 3.8) is 0 Å². The van der Waals surface area contributed by atoms with Crippen LogP contribution in [-0.4, -0.2) is 9.78 Å². The van der Waals surface area contributed by atoms with Gasteiger partial charge in [0.25, 0.3) is 0 Å². The molecule has 1 N–H and O–H groups in total. The topological polar surface area (TPSA) is 29.9 Å². The fourth-order valence-corrected chi connectivity index (χ4v) is 3.12. The molecule has 2 aromatic rings. The van der Waals surface area contributed by atoms with Crippen molar-refractivity contribution in [2.24, 2.45) is 7.05 Å². The van der Waals surface area contributed by atoms with E-state index in [0.29, 0.717) is 6.04 Å². The number of rotatable bonds is 4. The maximum Gasteiger partial charge on any atom is 0.0540 e. The Kier molecular flexibility index (Phi) is 3.88. The fourth-order valence-electron chi connectivity index (χ4n) is 2.17. The molecular weight excluding hydrogens is 242 g/mol. The summed E-state index contributed by atoms with van der Waals surface area (Å²) in [7, 11) is 1.98. The average Bonchev–Trinajstić information content (AvgIpc) is 2.80. The Morgan fingerprint density at radius 2 is 2.11 bits per heavy atom. The second-order valence-electron chi connectivity index (χ2n) is 4.85. The van der Waals surface area contributed by atoms with E-state index in [0.717, 1.165) is 6.54 Å². The number of aromatic nitrogens is 2. The van der Waals surface area contributed by atoms with Crippen molar-refractivity contribution in [2.75, 3.05) is 0 Å². The third-order valence-electron chi connectivity index (χ3n) is 3.48. The van der Waals surface area contributed by atoms with Crippen LogP contribution in [0.4, 0.5) is 0 Å². The van der Waals surface area contributed by atoms with Gasteiger partial charge in [-0.15, -0.1) is 11.3 Å². The monoisotopic (exact) mass is 263 g/mol. The standard InChI is InChI=1S/C14H21N3S/c1-9-6-13(12(4)18-9)7-15-10(2)14-8-16-17(5)11(14)3/h6,8,10,15H,7H2,1-5H3. The van der Waals surface area contributed by atoms with Crippen molar-refractivity contribution in [2.45, 2.75) is 40.3 Å². The normalized spacial score (nSPS) is 12.9. The number of hydrogen-bond donors (Lipinski definition) is 1. The molecule has 0 fully saturated rings. The molecule has 3 nitrogen and oxygen atoms in total. The van der Waals surface area contributed by atoms with Crippen LogP contribution in [0.3, 0.4) is 0 Å². The van der Waals surface area contributed by atoms with Crippen LogP contribution in [0, 0.1) is 20.8 Å². The first kappa shape index (κ1) is 13.3. The van der Waals surface area contributed by atoms with Crippen molar-refractivity contribution >= 4 is 11.3 Å². The zero-order valence-electron chi connectivity index (χ0n) is 11.7. The molecule has 0 aromatic carbocycles. The van der Waals surface area contributed by atoms with Gasteiger partial charge in [0.15, 0.2) is 0 Å². The Bertz CT molecular complexity index is 539. The third-order valence-corrected chi connectivity index (χ3v) is 4.49. The molecule has 0 amide bonds. The van der Waals surface area contributed by atoms with Crippen LogP contribution < -0.4 is 5.32 Å². The van der Waals surface area contributed by atoms with Crippen molar-refractivity contribution in [1.82, 2.24) is 15.1 Å². The maximum atomic E-state index is 4.29. The summed E-state index contributed by atoms with van der Waals surface area (Å²) in [6, 6.07) is 2.61. The quantitative estimate of drug-likeness (QED) is 0.917. The van der Waals surface area contributed by atoms with Crippen molar-refractivity contribution < 1.29 is 0 Å². The minimum absolute atomic E-state index is 0.332. The fraction of sp³-hybridized carbons (Fsp3) is 0.500. The van der Waals surface area contributed by atoms with Gasteiger partial charge in [-0.05, 0) is 39.3 Å². The van der Waals surface area contributed by atoms with Gasteiger partial charge in [0.2, 0.25) is 0 Å². The molecule has 1 unspecified atom stereocenters. The summed E-state index contributed by atoms with van der Waals surface area (Å²) < 4.78 is 1.92. The Morgan fingerprint density at radius 1 is 1.39 bits per heavy atom. The highest BCUT2D eigenvalue weighted by molar-refractivity contribution is 7.12. The molecule has 0 saturated carbocycles. The zero-order chi connectivity index (χ0) is 13.3. The van der Waals surface area contributed by atoms with Gasteiger partial charge in [-0.2, -0.15) is 5.10 Å². The zero-order valence-corrected chi connectivity index (χ0v) is 12.6. The largest absolute Gasteiger partial charge is 0.306 e. The lowest BCUT2D eigenvalue weighted by molar-refractivity contribution is 0.570. The van der Waals surface area contributed by atoms with E-state index in [1.165, 1.54) is 26.6 Å². The van der Waals surface area contributed by atoms with E-state index in [-0.39, 0.29) is 0 Å². The summed E-state index contributed by atoms with van der Waals surface area (Å²) in [5, 5.41) is 7.87. The summed E-state index contributed by atoms with van der Waals surface area (Å²) >= 11 is 1.87. The first-order chi connectivity index (χ1) is 8.49. The van der Waals surface area contributed by atoms with E-state index in [2.05, 4.69) is 44.2 Å². The van der Waals surface area contributed by atoms with Crippen molar-refractivity contribution in [3.8, 4) is 0 Å². The molecule has 18 heavy (non-hydrogen) atoms. The van der Waals surface area contributed by atoms with Crippen LogP contribution in [0.25, 0.3) is 0 Å². The highest BCUT2D eigenvalue weighted by Gasteiger charge is 2.12. The lowest BCUT2D eigenvalue weighted by Gasteiger charge is -2.13. The van der Waals surface area contributed by atoms with E-state index in [9.17, 15) is 0 Å². The van der Waals surface area contributed by atoms with E-state index < -0.39 is 0 Å². The van der Waals surface area contributed by atoms with Gasteiger partial charge < -0.3 is 5.32 Å². The van der Waals surface area contributed by atoms with Crippen LogP contribution in [-0.2, 0) is 13.6 Å². The summed E-state index contributed by atoms with van der Waals surface area (Å²) in [5.74, 6) is 0. The van der Waals surface area contributed by atoms with Crippen LogP contribution in [0.5, 0.6) is 0 Å². The van der Waals surface area contributed by atoms with E-state index in [1.54, 1.807) is 0 Å². The summed E-state index contributed by atoms with van der Waals surface area (Å²) in [6.45, 7) is 9.58. The minimum atomic E-state index is 0.332. The van der Waals surface area contributed by atoms with Crippen molar-refractivity contribution in [3.05, 3.63) is 38.8 Å². The minimum Gasteiger partial charge on any atom is -0.306 e. The molecule has 98 valence electrons. The Labute approximate surface area is 113 Å². The highest BCUT2D eigenvalue weighted by atomic mass is 32.1. The molecule has 1 atom stereocenters. The Hall–Kier alpha value is -1.13. The predicted molar refractivity (Wildman–Crippen MR) is 77.0 cm³/mol. The average molecular weight is 263 g/mol. The van der Waals surface area contributed by atoms with Gasteiger partial charge >= 0.3 is 0 Å². The summed E-state index contributed by atoms with van der Waals surface area (Å²) in [5.41, 5.74) is 3.92. The van der Waals surface area contributed by atoms with Crippen molar-refractivity contribution in [1.29, 1.82) is 0 Å². The molecular formula is C14H21N3S. The lowest BCUT2D eigenvalue weighted by Crippen LogP contribution is -2.18. The van der Waals surface area contributed by atoms with Gasteiger partial charge in [-0.25, -0.2) is 0 Å². The molecule has 0 spiro atoms. The smallest absolute Gasteiger partial charge is 0.0540 e. The van der Waals surface area contributed by atoms with Gasteiger partial charge in [0.1, 0.15) is 0 Å². The van der Waals surface area contributed by atoms with E-state index in [1.807, 2.05) is 29.3 Å². The SMILES string of the molecule is Cc1cc(CNC(C)c2cnn(C)c2C)c(C)s1. The summed E-state index contributed by atoms with van der Waals surface area (Å²) in [4.78, 5) is 2.80. The molecule has 0 saturated heterocycles. The molecule has 2 rings (SSSR count). The second-order valence-corrected chi connectivity index (χ2v) is 6.31. The second kappa shape index (κ2) is 5.24. The maximum absolute atomic E-state index is 4.29. The Balaban J connectivity index is 2.02. The number of nitrogens with one attached hydrogen (secondary N) is 1. The van der Waals surface area contributed by atoms with Crippen LogP contribution in [0.15, 0.2) is 12.3 Å². The van der Waals surface area contributed by atoms with E-state index in [4.69, 9.17) is 0 Å². The number of thiophene rings is 1. The molecule has 4 heteroatoms. The third kappa shape index (κ3) is 2.65. The number of nitrogens with zero attached hydrogens (tertiary/aromatic N) is 2. The molecule has 0 bridgehead atoms.